The van der Waals surface area contributed by atoms with E-state index in [0.29, 0.717) is 5.56 Å². The van der Waals surface area contributed by atoms with Gasteiger partial charge in [0, 0.05) is 0 Å². The zero-order chi connectivity index (χ0) is 13.0. The summed E-state index contributed by atoms with van der Waals surface area (Å²) in [5.74, 6) is -1.59. The summed E-state index contributed by atoms with van der Waals surface area (Å²) in [5.41, 5.74) is 0.422. The van der Waals surface area contributed by atoms with E-state index in [0.717, 1.165) is 0 Å². The SMILES string of the molecule is O=C(OC[C@H]1OCC(C(=O)O)O1)c1ccccc1. The van der Waals surface area contributed by atoms with E-state index in [1.165, 1.54) is 0 Å². The van der Waals surface area contributed by atoms with Gasteiger partial charge in [-0.15, -0.1) is 0 Å². The Morgan fingerprint density at radius 1 is 1.33 bits per heavy atom. The zero-order valence-corrected chi connectivity index (χ0v) is 9.44. The largest absolute Gasteiger partial charge is 0.479 e. The monoisotopic (exact) mass is 252 g/mol. The maximum atomic E-state index is 11.6. The van der Waals surface area contributed by atoms with Crippen molar-refractivity contribution in [2.45, 2.75) is 12.4 Å². The lowest BCUT2D eigenvalue weighted by molar-refractivity contribution is -0.152. The molecule has 1 aromatic rings. The third kappa shape index (κ3) is 3.06. The van der Waals surface area contributed by atoms with Crippen molar-refractivity contribution < 1.29 is 28.9 Å². The molecular weight excluding hydrogens is 240 g/mol. The molecule has 0 aliphatic carbocycles. The number of benzene rings is 1. The molecule has 0 saturated carbocycles. The quantitative estimate of drug-likeness (QED) is 0.793. The Hall–Kier alpha value is -1.92. The van der Waals surface area contributed by atoms with Gasteiger partial charge in [-0.2, -0.15) is 0 Å². The number of carboxylic acid groups (broad SMARTS) is 1. The molecule has 1 saturated heterocycles. The molecule has 1 fully saturated rings. The van der Waals surface area contributed by atoms with Crippen molar-refractivity contribution in [2.24, 2.45) is 0 Å². The number of rotatable bonds is 4. The van der Waals surface area contributed by atoms with Crippen molar-refractivity contribution in [3.05, 3.63) is 35.9 Å². The van der Waals surface area contributed by atoms with Crippen molar-refractivity contribution in [3.8, 4) is 0 Å². The average molecular weight is 252 g/mol. The van der Waals surface area contributed by atoms with Gasteiger partial charge >= 0.3 is 11.9 Å². The smallest absolute Gasteiger partial charge is 0.338 e. The highest BCUT2D eigenvalue weighted by atomic mass is 16.7. The predicted molar refractivity (Wildman–Crippen MR) is 59.0 cm³/mol. The van der Waals surface area contributed by atoms with E-state index in [2.05, 4.69) is 0 Å². The van der Waals surface area contributed by atoms with E-state index in [1.807, 2.05) is 0 Å². The summed E-state index contributed by atoms with van der Waals surface area (Å²) in [5, 5.41) is 8.67. The molecule has 18 heavy (non-hydrogen) atoms. The summed E-state index contributed by atoms with van der Waals surface area (Å²) < 4.78 is 15.0. The number of hydrogen-bond donors (Lipinski definition) is 1. The zero-order valence-electron chi connectivity index (χ0n) is 9.44. The van der Waals surface area contributed by atoms with Gasteiger partial charge in [-0.05, 0) is 12.1 Å². The van der Waals surface area contributed by atoms with E-state index >= 15 is 0 Å². The molecule has 1 aliphatic heterocycles. The minimum Gasteiger partial charge on any atom is -0.479 e. The number of ether oxygens (including phenoxy) is 3. The molecular formula is C12H12O6. The number of esters is 1. The van der Waals surface area contributed by atoms with Crippen LogP contribution >= 0.6 is 0 Å². The number of aliphatic carboxylic acids is 1. The van der Waals surface area contributed by atoms with Crippen LogP contribution in [-0.4, -0.2) is 42.7 Å². The van der Waals surface area contributed by atoms with Crippen LogP contribution < -0.4 is 0 Å². The van der Waals surface area contributed by atoms with E-state index in [1.54, 1.807) is 30.3 Å². The number of carbonyl (C=O) groups excluding carboxylic acids is 1. The van der Waals surface area contributed by atoms with Crippen molar-refractivity contribution in [1.82, 2.24) is 0 Å². The molecule has 2 rings (SSSR count). The Morgan fingerprint density at radius 3 is 2.67 bits per heavy atom. The summed E-state index contributed by atoms with van der Waals surface area (Å²) in [7, 11) is 0. The molecule has 1 aliphatic rings. The van der Waals surface area contributed by atoms with Gasteiger partial charge in [-0.1, -0.05) is 18.2 Å². The topological polar surface area (TPSA) is 82.1 Å². The molecule has 1 aromatic carbocycles. The Labute approximate surface area is 103 Å². The van der Waals surface area contributed by atoms with E-state index in [-0.39, 0.29) is 13.2 Å². The lowest BCUT2D eigenvalue weighted by Crippen LogP contribution is -2.25. The average Bonchev–Trinajstić information content (AvgIpc) is 2.86. The fraction of sp³-hybridized carbons (Fsp3) is 0.333. The molecule has 96 valence electrons. The fourth-order valence-electron chi connectivity index (χ4n) is 1.47. The fourth-order valence-corrected chi connectivity index (χ4v) is 1.47. The van der Waals surface area contributed by atoms with E-state index < -0.39 is 24.3 Å². The summed E-state index contributed by atoms with van der Waals surface area (Å²) in [4.78, 5) is 22.2. The Morgan fingerprint density at radius 2 is 2.06 bits per heavy atom. The van der Waals surface area contributed by atoms with Gasteiger partial charge < -0.3 is 19.3 Å². The molecule has 0 radical (unpaired) electrons. The first-order chi connectivity index (χ1) is 8.66. The second kappa shape index (κ2) is 5.61. The van der Waals surface area contributed by atoms with Crippen molar-refractivity contribution in [3.63, 3.8) is 0 Å². The van der Waals surface area contributed by atoms with Crippen LogP contribution in [0.4, 0.5) is 0 Å². The first-order valence-corrected chi connectivity index (χ1v) is 5.39. The molecule has 6 nitrogen and oxygen atoms in total. The standard InChI is InChI=1S/C12H12O6/c13-11(14)9-6-16-10(18-9)7-17-12(15)8-4-2-1-3-5-8/h1-5,9-10H,6-7H2,(H,13,14)/t9?,10-/m0/s1. The van der Waals surface area contributed by atoms with Crippen molar-refractivity contribution in [2.75, 3.05) is 13.2 Å². The first kappa shape index (κ1) is 12.5. The lowest BCUT2D eigenvalue weighted by atomic mass is 10.2. The molecule has 0 bridgehead atoms. The number of carbonyl (C=O) groups is 2. The van der Waals surface area contributed by atoms with Crippen LogP contribution in [0.25, 0.3) is 0 Å². The highest BCUT2D eigenvalue weighted by molar-refractivity contribution is 5.89. The Bertz CT molecular complexity index is 429. The number of hydrogen-bond acceptors (Lipinski definition) is 5. The maximum absolute atomic E-state index is 11.6. The molecule has 0 spiro atoms. The van der Waals surface area contributed by atoms with Crippen LogP contribution in [0.1, 0.15) is 10.4 Å². The Kier molecular flexibility index (Phi) is 3.91. The minimum atomic E-state index is -1.09. The van der Waals surface area contributed by atoms with Crippen LogP contribution in [-0.2, 0) is 19.0 Å². The van der Waals surface area contributed by atoms with E-state index in [4.69, 9.17) is 19.3 Å². The van der Waals surface area contributed by atoms with Crippen molar-refractivity contribution in [1.29, 1.82) is 0 Å². The highest BCUT2D eigenvalue weighted by Crippen LogP contribution is 2.12. The van der Waals surface area contributed by atoms with Gasteiger partial charge in [-0.3, -0.25) is 0 Å². The number of carboxylic acids is 1. The molecule has 1 unspecified atom stereocenters. The Balaban J connectivity index is 1.79. The van der Waals surface area contributed by atoms with E-state index in [9.17, 15) is 9.59 Å². The van der Waals surface area contributed by atoms with Gasteiger partial charge in [0.1, 0.15) is 6.61 Å². The molecule has 0 amide bonds. The van der Waals surface area contributed by atoms with Crippen molar-refractivity contribution >= 4 is 11.9 Å². The third-order valence-electron chi connectivity index (χ3n) is 2.38. The third-order valence-corrected chi connectivity index (χ3v) is 2.38. The summed E-state index contributed by atoms with van der Waals surface area (Å²) in [6, 6.07) is 8.48. The highest BCUT2D eigenvalue weighted by Gasteiger charge is 2.32. The lowest BCUT2D eigenvalue weighted by Gasteiger charge is -2.10. The second-order valence-corrected chi connectivity index (χ2v) is 3.69. The van der Waals surface area contributed by atoms with Crippen LogP contribution in [0.5, 0.6) is 0 Å². The molecule has 2 atom stereocenters. The van der Waals surface area contributed by atoms with Crippen LogP contribution in [0.15, 0.2) is 30.3 Å². The second-order valence-electron chi connectivity index (χ2n) is 3.69. The van der Waals surface area contributed by atoms with Gasteiger partial charge in [0.15, 0.2) is 12.4 Å². The van der Waals surface area contributed by atoms with Crippen LogP contribution in [0.3, 0.4) is 0 Å². The predicted octanol–water partition coefficient (Wildman–Crippen LogP) is 0.669. The summed E-state index contributed by atoms with van der Waals surface area (Å²) >= 11 is 0. The van der Waals surface area contributed by atoms with Crippen LogP contribution in [0.2, 0.25) is 0 Å². The van der Waals surface area contributed by atoms with Crippen LogP contribution in [0, 0.1) is 0 Å². The van der Waals surface area contributed by atoms with Gasteiger partial charge in [0.25, 0.3) is 0 Å². The van der Waals surface area contributed by atoms with Gasteiger partial charge in [0.2, 0.25) is 0 Å². The van der Waals surface area contributed by atoms with Gasteiger partial charge in [-0.25, -0.2) is 9.59 Å². The molecule has 1 heterocycles. The normalized spacial score (nSPS) is 22.7. The first-order valence-electron chi connectivity index (χ1n) is 5.39. The molecule has 6 heteroatoms. The maximum Gasteiger partial charge on any atom is 0.338 e. The molecule has 1 N–H and O–H groups in total. The van der Waals surface area contributed by atoms with Gasteiger partial charge in [0.05, 0.1) is 12.2 Å². The minimum absolute atomic E-state index is 0.0388. The summed E-state index contributed by atoms with van der Waals surface area (Å²) in [6.07, 6.45) is -1.82. The molecule has 0 aromatic heterocycles. The summed E-state index contributed by atoms with van der Waals surface area (Å²) in [6.45, 7) is -0.166.